The van der Waals surface area contributed by atoms with E-state index in [1.807, 2.05) is 13.8 Å². The van der Waals surface area contributed by atoms with E-state index in [1.165, 1.54) is 0 Å². The number of anilines is 1. The minimum Gasteiger partial charge on any atom is -0.308 e. The molecule has 18 heavy (non-hydrogen) atoms. The van der Waals surface area contributed by atoms with Crippen molar-refractivity contribution in [3.63, 3.8) is 0 Å². The predicted octanol–water partition coefficient (Wildman–Crippen LogP) is 2.54. The lowest BCUT2D eigenvalue weighted by molar-refractivity contribution is 0.616. The highest BCUT2D eigenvalue weighted by Crippen LogP contribution is 2.25. The number of nitrogen functional groups attached to an aromatic ring is 1. The van der Waals surface area contributed by atoms with Crippen LogP contribution in [0.4, 0.5) is 5.82 Å². The highest BCUT2D eigenvalue weighted by molar-refractivity contribution is 5.55. The Morgan fingerprint density at radius 3 is 2.56 bits per heavy atom. The van der Waals surface area contributed by atoms with Crippen LogP contribution in [0.5, 0.6) is 0 Å². The standard InChI is InChI=1S/C13H21N5/c1-5-10(6-2)11-7-12-15-9(4)8(3)13(16-14)18(12)17-11/h7,10,16H,5-6,14H2,1-4H3. The number of nitrogens with one attached hydrogen (secondary N) is 1. The van der Waals surface area contributed by atoms with Crippen LogP contribution >= 0.6 is 0 Å². The minimum atomic E-state index is 0.484. The second kappa shape index (κ2) is 4.94. The molecule has 0 aliphatic heterocycles. The number of aryl methyl sites for hydroxylation is 1. The van der Waals surface area contributed by atoms with Crippen molar-refractivity contribution in [3.05, 3.63) is 23.0 Å². The average molecular weight is 247 g/mol. The summed E-state index contributed by atoms with van der Waals surface area (Å²) in [7, 11) is 0. The van der Waals surface area contributed by atoms with Gasteiger partial charge in [0.15, 0.2) is 5.65 Å². The van der Waals surface area contributed by atoms with Gasteiger partial charge in [0.1, 0.15) is 5.82 Å². The molecule has 0 fully saturated rings. The van der Waals surface area contributed by atoms with Crippen molar-refractivity contribution in [3.8, 4) is 0 Å². The van der Waals surface area contributed by atoms with E-state index in [2.05, 4.69) is 35.4 Å². The first kappa shape index (κ1) is 12.8. The first-order valence-electron chi connectivity index (χ1n) is 6.45. The van der Waals surface area contributed by atoms with Gasteiger partial charge in [-0.3, -0.25) is 0 Å². The lowest BCUT2D eigenvalue weighted by Crippen LogP contribution is -2.15. The molecular weight excluding hydrogens is 226 g/mol. The van der Waals surface area contributed by atoms with Gasteiger partial charge >= 0.3 is 0 Å². The van der Waals surface area contributed by atoms with Crippen molar-refractivity contribution in [1.82, 2.24) is 14.6 Å². The van der Waals surface area contributed by atoms with Crippen molar-refractivity contribution in [2.75, 3.05) is 5.43 Å². The van der Waals surface area contributed by atoms with E-state index in [0.29, 0.717) is 5.92 Å². The van der Waals surface area contributed by atoms with Gasteiger partial charge in [0.05, 0.1) is 5.69 Å². The first-order valence-corrected chi connectivity index (χ1v) is 6.45. The molecule has 2 rings (SSSR count). The van der Waals surface area contributed by atoms with Crippen LogP contribution in [0.15, 0.2) is 6.07 Å². The molecule has 0 aliphatic rings. The van der Waals surface area contributed by atoms with Gasteiger partial charge in [0, 0.05) is 23.2 Å². The fraction of sp³-hybridized carbons (Fsp3) is 0.538. The lowest BCUT2D eigenvalue weighted by Gasteiger charge is -2.09. The fourth-order valence-corrected chi connectivity index (χ4v) is 2.29. The maximum absolute atomic E-state index is 5.60. The number of fused-ring (bicyclic) bond motifs is 1. The summed E-state index contributed by atoms with van der Waals surface area (Å²) < 4.78 is 1.80. The molecular formula is C13H21N5. The highest BCUT2D eigenvalue weighted by Gasteiger charge is 2.15. The van der Waals surface area contributed by atoms with Gasteiger partial charge in [-0.2, -0.15) is 9.61 Å². The second-order valence-electron chi connectivity index (χ2n) is 4.67. The third kappa shape index (κ3) is 1.95. The molecule has 5 nitrogen and oxygen atoms in total. The minimum absolute atomic E-state index is 0.484. The summed E-state index contributed by atoms with van der Waals surface area (Å²) in [6.45, 7) is 8.35. The monoisotopic (exact) mass is 247 g/mol. The molecule has 0 saturated carbocycles. The Morgan fingerprint density at radius 2 is 2.00 bits per heavy atom. The van der Waals surface area contributed by atoms with Crippen molar-refractivity contribution < 1.29 is 0 Å². The Balaban J connectivity index is 2.64. The molecule has 5 heteroatoms. The van der Waals surface area contributed by atoms with Crippen molar-refractivity contribution in [1.29, 1.82) is 0 Å². The van der Waals surface area contributed by atoms with Crippen LogP contribution in [0.2, 0.25) is 0 Å². The van der Waals surface area contributed by atoms with Gasteiger partial charge in [-0.05, 0) is 26.7 Å². The number of hydrazine groups is 1. The second-order valence-corrected chi connectivity index (χ2v) is 4.67. The molecule has 0 radical (unpaired) electrons. The van der Waals surface area contributed by atoms with Crippen LogP contribution in [0, 0.1) is 13.8 Å². The smallest absolute Gasteiger partial charge is 0.157 e. The SMILES string of the molecule is CCC(CC)c1cc2nc(C)c(C)c(NN)n2n1. The van der Waals surface area contributed by atoms with Crippen molar-refractivity contribution in [2.45, 2.75) is 46.5 Å². The van der Waals surface area contributed by atoms with Gasteiger partial charge in [-0.1, -0.05) is 13.8 Å². The van der Waals surface area contributed by atoms with E-state index < -0.39 is 0 Å². The van der Waals surface area contributed by atoms with Gasteiger partial charge in [0.25, 0.3) is 0 Å². The van der Waals surface area contributed by atoms with Crippen molar-refractivity contribution >= 4 is 11.5 Å². The highest BCUT2D eigenvalue weighted by atomic mass is 15.4. The van der Waals surface area contributed by atoms with E-state index in [-0.39, 0.29) is 0 Å². The van der Waals surface area contributed by atoms with Gasteiger partial charge < -0.3 is 5.43 Å². The average Bonchev–Trinajstić information content (AvgIpc) is 2.75. The Kier molecular flexibility index (Phi) is 3.52. The molecule has 0 amide bonds. The lowest BCUT2D eigenvalue weighted by atomic mass is 10.00. The van der Waals surface area contributed by atoms with E-state index in [0.717, 1.165) is 41.3 Å². The zero-order chi connectivity index (χ0) is 13.3. The maximum Gasteiger partial charge on any atom is 0.157 e. The summed E-state index contributed by atoms with van der Waals surface area (Å²) in [6, 6.07) is 2.06. The molecule has 2 aromatic heterocycles. The van der Waals surface area contributed by atoms with Crippen LogP contribution in [0.1, 0.15) is 49.6 Å². The molecule has 0 unspecified atom stereocenters. The van der Waals surface area contributed by atoms with E-state index >= 15 is 0 Å². The molecule has 0 saturated heterocycles. The quantitative estimate of drug-likeness (QED) is 0.643. The largest absolute Gasteiger partial charge is 0.308 e. The Morgan fingerprint density at radius 1 is 1.33 bits per heavy atom. The summed E-state index contributed by atoms with van der Waals surface area (Å²) in [5.41, 5.74) is 6.68. The molecule has 98 valence electrons. The van der Waals surface area contributed by atoms with Crippen LogP contribution in [-0.2, 0) is 0 Å². The van der Waals surface area contributed by atoms with E-state index in [1.54, 1.807) is 4.52 Å². The molecule has 0 aliphatic carbocycles. The maximum atomic E-state index is 5.60. The van der Waals surface area contributed by atoms with Crippen molar-refractivity contribution in [2.24, 2.45) is 5.84 Å². The number of aromatic nitrogens is 3. The summed E-state index contributed by atoms with van der Waals surface area (Å²) in [5, 5.41) is 4.64. The third-order valence-corrected chi connectivity index (χ3v) is 3.64. The Bertz CT molecular complexity index is 554. The van der Waals surface area contributed by atoms with Crippen LogP contribution in [0.25, 0.3) is 5.65 Å². The zero-order valence-electron chi connectivity index (χ0n) is 11.5. The topological polar surface area (TPSA) is 68.2 Å². The number of hydrogen-bond donors (Lipinski definition) is 2. The van der Waals surface area contributed by atoms with E-state index in [4.69, 9.17) is 5.84 Å². The normalized spacial score (nSPS) is 11.4. The summed E-state index contributed by atoms with van der Waals surface area (Å²) in [6.07, 6.45) is 2.17. The van der Waals surface area contributed by atoms with Crippen LogP contribution in [0.3, 0.4) is 0 Å². The number of hydrogen-bond acceptors (Lipinski definition) is 4. The molecule has 0 bridgehead atoms. The van der Waals surface area contributed by atoms with Crippen LogP contribution in [-0.4, -0.2) is 14.6 Å². The zero-order valence-corrected chi connectivity index (χ0v) is 11.5. The van der Waals surface area contributed by atoms with Gasteiger partial charge in [-0.15, -0.1) is 0 Å². The number of rotatable bonds is 4. The molecule has 3 N–H and O–H groups in total. The molecule has 2 heterocycles. The third-order valence-electron chi connectivity index (χ3n) is 3.64. The summed E-state index contributed by atoms with van der Waals surface area (Å²) >= 11 is 0. The molecule has 0 atom stereocenters. The Labute approximate surface area is 107 Å². The fourth-order valence-electron chi connectivity index (χ4n) is 2.29. The molecule has 0 aromatic carbocycles. The molecule has 0 spiro atoms. The van der Waals surface area contributed by atoms with Gasteiger partial charge in [0.2, 0.25) is 0 Å². The molecule has 2 aromatic rings. The summed E-state index contributed by atoms with van der Waals surface area (Å²) in [5.74, 6) is 6.90. The Hall–Kier alpha value is -1.62. The predicted molar refractivity (Wildman–Crippen MR) is 73.6 cm³/mol. The number of nitrogens with two attached hydrogens (primary N) is 1. The van der Waals surface area contributed by atoms with E-state index in [9.17, 15) is 0 Å². The number of nitrogens with zero attached hydrogens (tertiary/aromatic N) is 3. The van der Waals surface area contributed by atoms with Crippen LogP contribution < -0.4 is 11.3 Å². The van der Waals surface area contributed by atoms with Gasteiger partial charge in [-0.25, -0.2) is 10.8 Å². The first-order chi connectivity index (χ1) is 8.62. The summed E-state index contributed by atoms with van der Waals surface area (Å²) in [4.78, 5) is 4.56.